The molecular weight excluding hydrogens is 114 g/mol. The van der Waals surface area contributed by atoms with Crippen molar-refractivity contribution in [3.8, 4) is 0 Å². The molecule has 0 atom stereocenters. The van der Waals surface area contributed by atoms with Gasteiger partial charge >= 0.3 is 0 Å². The van der Waals surface area contributed by atoms with Crippen molar-refractivity contribution < 1.29 is 4.68 Å². The molecule has 0 bridgehead atoms. The lowest BCUT2D eigenvalue weighted by Crippen LogP contribution is -2.16. The third-order valence-corrected chi connectivity index (χ3v) is 0.979. The van der Waals surface area contributed by atoms with Gasteiger partial charge in [0.2, 0.25) is 0 Å². The number of hydrogen-bond donors (Lipinski definition) is 1. The Bertz CT molecular complexity index is 88.3. The first-order valence-electron chi connectivity index (χ1n) is 3.34. The van der Waals surface area contributed by atoms with Crippen LogP contribution in [-0.2, 0) is 0 Å². The van der Waals surface area contributed by atoms with Crippen molar-refractivity contribution in [1.82, 2.24) is 5.43 Å². The van der Waals surface area contributed by atoms with E-state index in [9.17, 15) is 0 Å². The van der Waals surface area contributed by atoms with E-state index in [-0.39, 0.29) is 0 Å². The van der Waals surface area contributed by atoms with Gasteiger partial charge in [0.05, 0.1) is 0 Å². The Morgan fingerprint density at radius 2 is 2.22 bits per heavy atom. The molecule has 0 fully saturated rings. The van der Waals surface area contributed by atoms with Crippen molar-refractivity contribution >= 4 is 6.21 Å². The predicted octanol–water partition coefficient (Wildman–Crippen LogP) is 0.923. The minimum atomic E-state index is 0.879. The van der Waals surface area contributed by atoms with E-state index in [0.717, 1.165) is 13.1 Å². The van der Waals surface area contributed by atoms with Crippen molar-refractivity contribution in [2.24, 2.45) is 0 Å². The predicted molar refractivity (Wildman–Crippen MR) is 39.6 cm³/mol. The van der Waals surface area contributed by atoms with Crippen LogP contribution in [0.5, 0.6) is 0 Å². The molecule has 0 aliphatic heterocycles. The quantitative estimate of drug-likeness (QED) is 0.341. The molecule has 9 heavy (non-hydrogen) atoms. The highest BCUT2D eigenvalue weighted by atomic mass is 15.6. The molecule has 3 nitrogen and oxygen atoms in total. The van der Waals surface area contributed by atoms with Crippen molar-refractivity contribution in [3.05, 3.63) is 5.53 Å². The molecule has 0 saturated carbocycles. The molecule has 0 aliphatic rings. The van der Waals surface area contributed by atoms with E-state index in [2.05, 4.69) is 17.9 Å². The highest BCUT2D eigenvalue weighted by Gasteiger charge is 1.80. The van der Waals surface area contributed by atoms with Crippen LogP contribution >= 0.6 is 0 Å². The Morgan fingerprint density at radius 1 is 1.56 bits per heavy atom. The summed E-state index contributed by atoms with van der Waals surface area (Å²) in [6, 6.07) is 0. The summed E-state index contributed by atoms with van der Waals surface area (Å²) in [5, 5.41) is 0. The van der Waals surface area contributed by atoms with E-state index in [1.807, 2.05) is 24.7 Å². The number of nitrogens with zero attached hydrogens (tertiary/aromatic N) is 2. The molecule has 0 amide bonds. The molecule has 0 aromatic rings. The highest BCUT2D eigenvalue weighted by molar-refractivity contribution is 5.46. The minimum absolute atomic E-state index is 0.879. The molecule has 0 spiro atoms. The van der Waals surface area contributed by atoms with Gasteiger partial charge in [0.25, 0.3) is 0 Å². The fraction of sp³-hybridized carbons (Fsp3) is 0.833. The summed E-state index contributed by atoms with van der Waals surface area (Å²) in [5.41, 5.74) is 6.88. The van der Waals surface area contributed by atoms with Gasteiger partial charge in [-0.1, -0.05) is 6.92 Å². The Hall–Kier alpha value is -0.570. The zero-order chi connectivity index (χ0) is 7.11. The van der Waals surface area contributed by atoms with Crippen LogP contribution < -0.4 is 5.43 Å². The van der Waals surface area contributed by atoms with Crippen LogP contribution in [0.15, 0.2) is 0 Å². The zero-order valence-electron chi connectivity index (χ0n) is 6.39. The van der Waals surface area contributed by atoms with E-state index in [4.69, 9.17) is 0 Å². The maximum atomic E-state index is 4.01. The second-order valence-electron chi connectivity index (χ2n) is 1.63. The second kappa shape index (κ2) is 5.56. The van der Waals surface area contributed by atoms with Crippen molar-refractivity contribution in [1.29, 1.82) is 0 Å². The van der Waals surface area contributed by atoms with Gasteiger partial charge in [-0.3, -0.25) is 4.68 Å². The lowest BCUT2D eigenvalue weighted by Gasteiger charge is -2.15. The first kappa shape index (κ1) is 8.43. The van der Waals surface area contributed by atoms with Gasteiger partial charge in [0, 0.05) is 6.92 Å². The highest BCUT2D eigenvalue weighted by Crippen LogP contribution is 1.79. The Kier molecular flexibility index (Phi) is 5.21. The smallest absolute Gasteiger partial charge is 0.135 e. The number of nitrogens with one attached hydrogen (secondary N) is 1. The molecule has 1 N–H and O–H groups in total. The molecule has 0 heterocycles. The SMILES string of the molecule is C/C=[N+](/CC)[N-]NCC. The fourth-order valence-corrected chi connectivity index (χ4v) is 0.473. The summed E-state index contributed by atoms with van der Waals surface area (Å²) in [6.07, 6.45) is 1.93. The molecule has 0 aromatic carbocycles. The van der Waals surface area contributed by atoms with Crippen molar-refractivity contribution in [3.63, 3.8) is 0 Å². The van der Waals surface area contributed by atoms with Gasteiger partial charge < -0.3 is 11.0 Å². The van der Waals surface area contributed by atoms with Crippen molar-refractivity contribution in [2.75, 3.05) is 13.1 Å². The number of rotatable bonds is 4. The fourth-order valence-electron chi connectivity index (χ4n) is 0.473. The van der Waals surface area contributed by atoms with Gasteiger partial charge in [-0.25, -0.2) is 0 Å². The summed E-state index contributed by atoms with van der Waals surface area (Å²) in [6.45, 7) is 7.84. The molecule has 0 unspecified atom stereocenters. The summed E-state index contributed by atoms with van der Waals surface area (Å²) < 4.78 is 1.85. The van der Waals surface area contributed by atoms with Gasteiger partial charge in [-0.05, 0) is 13.5 Å². The van der Waals surface area contributed by atoms with Gasteiger partial charge in [0.15, 0.2) is 0 Å². The molecule has 0 radical (unpaired) electrons. The monoisotopic (exact) mass is 129 g/mol. The molecule has 3 heteroatoms. The van der Waals surface area contributed by atoms with E-state index in [0.29, 0.717) is 0 Å². The third-order valence-electron chi connectivity index (χ3n) is 0.979. The maximum Gasteiger partial charge on any atom is 0.135 e. The molecule has 54 valence electrons. The average molecular weight is 129 g/mol. The first-order chi connectivity index (χ1) is 4.35. The third kappa shape index (κ3) is 3.97. The van der Waals surface area contributed by atoms with Crippen LogP contribution in [0.2, 0.25) is 0 Å². The second-order valence-corrected chi connectivity index (χ2v) is 1.63. The van der Waals surface area contributed by atoms with E-state index in [1.54, 1.807) is 0 Å². The molecule has 0 rings (SSSR count). The summed E-state index contributed by atoms with van der Waals surface area (Å²) >= 11 is 0. The molecule has 0 aliphatic carbocycles. The molecular formula is C6H15N3. The van der Waals surface area contributed by atoms with Crippen LogP contribution in [0.3, 0.4) is 0 Å². The summed E-state index contributed by atoms with van der Waals surface area (Å²) in [4.78, 5) is 0. The van der Waals surface area contributed by atoms with E-state index in [1.165, 1.54) is 0 Å². The molecule has 0 aromatic heterocycles. The van der Waals surface area contributed by atoms with Crippen LogP contribution in [-0.4, -0.2) is 24.0 Å². The topological polar surface area (TPSA) is 29.1 Å². The Labute approximate surface area is 56.7 Å². The summed E-state index contributed by atoms with van der Waals surface area (Å²) in [5.74, 6) is 0. The summed E-state index contributed by atoms with van der Waals surface area (Å²) in [7, 11) is 0. The first-order valence-corrected chi connectivity index (χ1v) is 3.34. The Morgan fingerprint density at radius 3 is 2.56 bits per heavy atom. The number of hydrogen-bond acceptors (Lipinski definition) is 1. The standard InChI is InChI=1S/C6H15N3/c1-4-7-8-9(5-2)6-3/h5,7H,4,6H2,1-3H3/b9-5-. The van der Waals surface area contributed by atoms with Gasteiger partial charge in [0.1, 0.15) is 12.8 Å². The largest absolute Gasteiger partial charge is 0.375 e. The van der Waals surface area contributed by atoms with Crippen LogP contribution in [0.25, 0.3) is 5.53 Å². The average Bonchev–Trinajstić information content (AvgIpc) is 1.91. The zero-order valence-corrected chi connectivity index (χ0v) is 6.39. The minimum Gasteiger partial charge on any atom is -0.375 e. The maximum absolute atomic E-state index is 4.01. The van der Waals surface area contributed by atoms with Gasteiger partial charge in [-0.15, -0.1) is 0 Å². The Balaban J connectivity index is 3.33. The van der Waals surface area contributed by atoms with Gasteiger partial charge in [-0.2, -0.15) is 0 Å². The van der Waals surface area contributed by atoms with Crippen LogP contribution in [0.1, 0.15) is 20.8 Å². The van der Waals surface area contributed by atoms with Crippen molar-refractivity contribution in [2.45, 2.75) is 20.8 Å². The normalized spacial score (nSPS) is 11.7. The van der Waals surface area contributed by atoms with Crippen LogP contribution in [0, 0.1) is 0 Å². The van der Waals surface area contributed by atoms with Crippen LogP contribution in [0.4, 0.5) is 0 Å². The van der Waals surface area contributed by atoms with E-state index >= 15 is 0 Å². The van der Waals surface area contributed by atoms with E-state index < -0.39 is 0 Å². The lowest BCUT2D eigenvalue weighted by molar-refractivity contribution is -0.476. The lowest BCUT2D eigenvalue weighted by atomic mass is 10.7. The molecule has 0 saturated heterocycles.